The zero-order chi connectivity index (χ0) is 22.8. The third-order valence-electron chi connectivity index (χ3n) is 7.48. The van der Waals surface area contributed by atoms with Gasteiger partial charge in [0.2, 0.25) is 0 Å². The average Bonchev–Trinajstić information content (AvgIpc) is 3.40. The van der Waals surface area contributed by atoms with Crippen LogP contribution in [0, 0.1) is 19.8 Å². The van der Waals surface area contributed by atoms with Crippen molar-refractivity contribution in [3.05, 3.63) is 82.7 Å². The third kappa shape index (κ3) is 5.39. The Morgan fingerprint density at radius 1 is 0.939 bits per heavy atom. The minimum absolute atomic E-state index is 0.749. The van der Waals surface area contributed by atoms with Crippen molar-refractivity contribution in [2.45, 2.75) is 58.5 Å². The molecular formula is C29H38N4. The van der Waals surface area contributed by atoms with Gasteiger partial charge in [0.1, 0.15) is 0 Å². The van der Waals surface area contributed by atoms with Crippen molar-refractivity contribution >= 4 is 0 Å². The number of hydrogen-bond acceptors (Lipinski definition) is 3. The van der Waals surface area contributed by atoms with Gasteiger partial charge >= 0.3 is 0 Å². The SMILES string of the molecule is Cc1cc(C)n(-c2cccc(CN(C)CC3CC(c4ccc(CN5CCCC5)cc4)C3)c2)n1. The zero-order valence-electron chi connectivity index (χ0n) is 20.5. The van der Waals surface area contributed by atoms with Gasteiger partial charge in [-0.3, -0.25) is 4.90 Å². The van der Waals surface area contributed by atoms with Crippen LogP contribution in [0.2, 0.25) is 0 Å². The van der Waals surface area contributed by atoms with E-state index in [1.165, 1.54) is 67.7 Å². The van der Waals surface area contributed by atoms with Crippen molar-refractivity contribution in [3.63, 3.8) is 0 Å². The maximum Gasteiger partial charge on any atom is 0.0651 e. The van der Waals surface area contributed by atoms with Crippen LogP contribution in [-0.2, 0) is 13.1 Å². The van der Waals surface area contributed by atoms with Crippen LogP contribution in [-0.4, -0.2) is 46.3 Å². The summed E-state index contributed by atoms with van der Waals surface area (Å²) >= 11 is 0. The lowest BCUT2D eigenvalue weighted by Crippen LogP contribution is -2.33. The van der Waals surface area contributed by atoms with Crippen molar-refractivity contribution < 1.29 is 0 Å². The highest BCUT2D eigenvalue weighted by Gasteiger charge is 2.30. The van der Waals surface area contributed by atoms with Gasteiger partial charge in [0.25, 0.3) is 0 Å². The van der Waals surface area contributed by atoms with E-state index in [0.717, 1.165) is 36.3 Å². The van der Waals surface area contributed by atoms with Gasteiger partial charge in [-0.05, 0) is 106 Å². The Balaban J connectivity index is 1.10. The number of hydrogen-bond donors (Lipinski definition) is 0. The maximum absolute atomic E-state index is 4.64. The van der Waals surface area contributed by atoms with Crippen molar-refractivity contribution in [3.8, 4) is 5.69 Å². The van der Waals surface area contributed by atoms with Crippen LogP contribution in [0.4, 0.5) is 0 Å². The lowest BCUT2D eigenvalue weighted by Gasteiger charge is -2.38. The molecule has 0 amide bonds. The topological polar surface area (TPSA) is 24.3 Å². The van der Waals surface area contributed by atoms with Crippen LogP contribution in [0.3, 0.4) is 0 Å². The molecule has 1 aliphatic heterocycles. The molecule has 1 saturated heterocycles. The fourth-order valence-electron chi connectivity index (χ4n) is 5.74. The van der Waals surface area contributed by atoms with Crippen LogP contribution in [0.25, 0.3) is 5.69 Å². The van der Waals surface area contributed by atoms with E-state index >= 15 is 0 Å². The van der Waals surface area contributed by atoms with E-state index in [9.17, 15) is 0 Å². The van der Waals surface area contributed by atoms with Crippen LogP contribution < -0.4 is 0 Å². The molecule has 0 N–H and O–H groups in total. The predicted molar refractivity (Wildman–Crippen MR) is 136 cm³/mol. The summed E-state index contributed by atoms with van der Waals surface area (Å²) in [6.45, 7) is 9.99. The van der Waals surface area contributed by atoms with E-state index in [1.54, 1.807) is 0 Å². The molecule has 1 aliphatic carbocycles. The van der Waals surface area contributed by atoms with Crippen molar-refractivity contribution in [2.24, 2.45) is 5.92 Å². The molecule has 4 nitrogen and oxygen atoms in total. The Labute approximate surface area is 199 Å². The molecule has 0 spiro atoms. The highest BCUT2D eigenvalue weighted by atomic mass is 15.3. The molecule has 1 saturated carbocycles. The molecule has 4 heteroatoms. The first-order valence-corrected chi connectivity index (χ1v) is 12.7. The summed E-state index contributed by atoms with van der Waals surface area (Å²) in [5, 5.41) is 4.64. The Morgan fingerprint density at radius 2 is 1.70 bits per heavy atom. The van der Waals surface area contributed by atoms with Gasteiger partial charge < -0.3 is 4.90 Å². The Hall–Kier alpha value is -2.43. The van der Waals surface area contributed by atoms with Crippen molar-refractivity contribution in [1.29, 1.82) is 0 Å². The fourth-order valence-corrected chi connectivity index (χ4v) is 5.74. The molecule has 1 aromatic heterocycles. The number of likely N-dealkylation sites (tertiary alicyclic amines) is 1. The molecule has 0 radical (unpaired) electrons. The van der Waals surface area contributed by atoms with E-state index in [-0.39, 0.29) is 0 Å². The average molecular weight is 443 g/mol. The van der Waals surface area contributed by atoms with Gasteiger partial charge in [-0.15, -0.1) is 0 Å². The molecule has 2 aromatic carbocycles. The van der Waals surface area contributed by atoms with E-state index in [4.69, 9.17) is 0 Å². The largest absolute Gasteiger partial charge is 0.302 e. The number of aryl methyl sites for hydroxylation is 2. The predicted octanol–water partition coefficient (Wildman–Crippen LogP) is 5.71. The van der Waals surface area contributed by atoms with E-state index in [0.29, 0.717) is 0 Å². The number of nitrogens with zero attached hydrogens (tertiary/aromatic N) is 4. The number of rotatable bonds is 8. The lowest BCUT2D eigenvalue weighted by atomic mass is 9.71. The Bertz CT molecular complexity index is 1060. The molecule has 2 fully saturated rings. The highest BCUT2D eigenvalue weighted by molar-refractivity contribution is 5.37. The Morgan fingerprint density at radius 3 is 2.39 bits per heavy atom. The Kier molecular flexibility index (Phi) is 6.66. The summed E-state index contributed by atoms with van der Waals surface area (Å²) in [6.07, 6.45) is 5.37. The molecule has 0 unspecified atom stereocenters. The van der Waals surface area contributed by atoms with Crippen molar-refractivity contribution in [2.75, 3.05) is 26.7 Å². The number of aromatic nitrogens is 2. The third-order valence-corrected chi connectivity index (χ3v) is 7.48. The second-order valence-corrected chi connectivity index (χ2v) is 10.5. The molecule has 33 heavy (non-hydrogen) atoms. The van der Waals surface area contributed by atoms with Gasteiger partial charge in [0.05, 0.1) is 11.4 Å². The van der Waals surface area contributed by atoms with Gasteiger partial charge in [0.15, 0.2) is 0 Å². The van der Waals surface area contributed by atoms with E-state index < -0.39 is 0 Å². The highest BCUT2D eigenvalue weighted by Crippen LogP contribution is 2.42. The molecule has 5 rings (SSSR count). The first-order chi connectivity index (χ1) is 16.0. The van der Waals surface area contributed by atoms with Gasteiger partial charge in [-0.1, -0.05) is 36.4 Å². The molecule has 2 heterocycles. The van der Waals surface area contributed by atoms with E-state index in [2.05, 4.69) is 90.4 Å². The molecule has 3 aromatic rings. The van der Waals surface area contributed by atoms with Crippen LogP contribution in [0.1, 0.15) is 59.7 Å². The summed E-state index contributed by atoms with van der Waals surface area (Å²) < 4.78 is 2.05. The smallest absolute Gasteiger partial charge is 0.0651 e. The minimum atomic E-state index is 0.749. The zero-order valence-corrected chi connectivity index (χ0v) is 20.5. The first kappa shape index (κ1) is 22.4. The van der Waals surface area contributed by atoms with Gasteiger partial charge in [-0.25, -0.2) is 4.68 Å². The minimum Gasteiger partial charge on any atom is -0.302 e. The van der Waals surface area contributed by atoms with Gasteiger partial charge in [0, 0.05) is 25.3 Å². The second kappa shape index (κ2) is 9.82. The summed E-state index contributed by atoms with van der Waals surface area (Å²) in [4.78, 5) is 5.07. The fraction of sp³-hybridized carbons (Fsp3) is 0.483. The summed E-state index contributed by atoms with van der Waals surface area (Å²) in [5.74, 6) is 1.56. The molecule has 0 bridgehead atoms. The van der Waals surface area contributed by atoms with Crippen LogP contribution in [0.15, 0.2) is 54.6 Å². The quantitative estimate of drug-likeness (QED) is 0.446. The molecule has 2 aliphatic rings. The molecule has 174 valence electrons. The summed E-state index contributed by atoms with van der Waals surface area (Å²) in [5.41, 5.74) is 7.77. The number of benzene rings is 2. The van der Waals surface area contributed by atoms with E-state index in [1.807, 2.05) is 4.68 Å². The first-order valence-electron chi connectivity index (χ1n) is 12.7. The molecule has 0 atom stereocenters. The monoisotopic (exact) mass is 442 g/mol. The summed E-state index contributed by atoms with van der Waals surface area (Å²) in [6, 6.07) is 20.5. The van der Waals surface area contributed by atoms with Gasteiger partial charge in [-0.2, -0.15) is 5.10 Å². The molecular weight excluding hydrogens is 404 g/mol. The van der Waals surface area contributed by atoms with Crippen LogP contribution in [0.5, 0.6) is 0 Å². The second-order valence-electron chi connectivity index (χ2n) is 10.5. The lowest BCUT2D eigenvalue weighted by molar-refractivity contribution is 0.176. The van der Waals surface area contributed by atoms with Crippen LogP contribution >= 0.6 is 0 Å². The summed E-state index contributed by atoms with van der Waals surface area (Å²) in [7, 11) is 2.26. The normalized spacial score (nSPS) is 21.0. The van der Waals surface area contributed by atoms with Crippen molar-refractivity contribution in [1.82, 2.24) is 19.6 Å². The standard InChI is InChI=1S/C29H38N4/c1-22-15-23(2)33(30-22)29-8-6-7-25(18-29)19-31(3)20-26-16-28(17-26)27-11-9-24(10-12-27)21-32-13-4-5-14-32/h6-12,15,18,26,28H,4-5,13-14,16-17,19-21H2,1-3H3. The maximum atomic E-state index is 4.64.